The van der Waals surface area contributed by atoms with Crippen molar-refractivity contribution in [3.05, 3.63) is 59.4 Å². The predicted molar refractivity (Wildman–Crippen MR) is 108 cm³/mol. The van der Waals surface area contributed by atoms with Crippen LogP contribution in [-0.2, 0) is 4.79 Å². The maximum atomic E-state index is 13.3. The average Bonchev–Trinajstić information content (AvgIpc) is 2.69. The fraction of sp³-hybridized carbons (Fsp3) is 0.333. The van der Waals surface area contributed by atoms with E-state index in [1.165, 1.54) is 12.1 Å². The van der Waals surface area contributed by atoms with Gasteiger partial charge in [-0.2, -0.15) is 0 Å². The van der Waals surface area contributed by atoms with Crippen LogP contribution < -0.4 is 11.1 Å². The maximum absolute atomic E-state index is 13.3. The minimum absolute atomic E-state index is 0.0404. The highest BCUT2D eigenvalue weighted by atomic mass is 19.1. The zero-order valence-electron chi connectivity index (χ0n) is 16.1. The normalized spacial score (nSPS) is 15.9. The van der Waals surface area contributed by atoms with Crippen LogP contribution in [0.5, 0.6) is 0 Å². The standard InChI is InChI=1S/C21H25FN4O2/c1-14-6-7-17(23)13-19(14)21(28)26-10-8-25(9-11-26)15(2)20(27)24-18-5-3-4-16(22)12-18/h3-7,12-13,15H,8-11,23H2,1-2H3,(H,24,27). The SMILES string of the molecule is Cc1ccc(N)cc1C(=O)N1CCN(C(C)C(=O)Nc2cccc(F)c2)CC1. The lowest BCUT2D eigenvalue weighted by molar-refractivity contribution is -0.121. The Morgan fingerprint density at radius 2 is 1.82 bits per heavy atom. The van der Waals surface area contributed by atoms with Crippen molar-refractivity contribution in [2.45, 2.75) is 19.9 Å². The van der Waals surface area contributed by atoms with Crippen molar-refractivity contribution in [3.63, 3.8) is 0 Å². The number of carbonyl (C=O) groups is 2. The summed E-state index contributed by atoms with van der Waals surface area (Å²) in [5.41, 5.74) is 8.32. The number of benzene rings is 2. The molecule has 0 bridgehead atoms. The number of carbonyl (C=O) groups excluding carboxylic acids is 2. The first-order valence-corrected chi connectivity index (χ1v) is 9.31. The molecule has 2 aromatic carbocycles. The molecule has 3 N–H and O–H groups in total. The van der Waals surface area contributed by atoms with Gasteiger partial charge in [-0.1, -0.05) is 12.1 Å². The van der Waals surface area contributed by atoms with Crippen molar-refractivity contribution in [2.24, 2.45) is 0 Å². The number of anilines is 2. The predicted octanol–water partition coefficient (Wildman–Crippen LogP) is 2.50. The topological polar surface area (TPSA) is 78.7 Å². The summed E-state index contributed by atoms with van der Waals surface area (Å²) in [7, 11) is 0. The monoisotopic (exact) mass is 384 g/mol. The van der Waals surface area contributed by atoms with E-state index < -0.39 is 5.82 Å². The van der Waals surface area contributed by atoms with E-state index in [1.54, 1.807) is 29.2 Å². The smallest absolute Gasteiger partial charge is 0.254 e. The quantitative estimate of drug-likeness (QED) is 0.794. The Labute approximate surface area is 164 Å². The molecule has 6 nitrogen and oxygen atoms in total. The van der Waals surface area contributed by atoms with Gasteiger partial charge in [0.2, 0.25) is 5.91 Å². The van der Waals surface area contributed by atoms with Gasteiger partial charge in [0.05, 0.1) is 6.04 Å². The molecule has 28 heavy (non-hydrogen) atoms. The molecule has 1 atom stereocenters. The van der Waals surface area contributed by atoms with Crippen molar-refractivity contribution in [3.8, 4) is 0 Å². The molecule has 1 unspecified atom stereocenters. The summed E-state index contributed by atoms with van der Waals surface area (Å²) in [6, 6.07) is 10.8. The molecule has 7 heteroatoms. The van der Waals surface area contributed by atoms with E-state index in [0.717, 1.165) is 5.56 Å². The maximum Gasteiger partial charge on any atom is 0.254 e. The molecule has 2 amide bonds. The fourth-order valence-corrected chi connectivity index (χ4v) is 3.33. The number of nitrogens with two attached hydrogens (primary N) is 1. The molecule has 0 aromatic heterocycles. The third-order valence-electron chi connectivity index (χ3n) is 5.11. The number of nitrogens with one attached hydrogen (secondary N) is 1. The largest absolute Gasteiger partial charge is 0.399 e. The fourth-order valence-electron chi connectivity index (χ4n) is 3.33. The summed E-state index contributed by atoms with van der Waals surface area (Å²) >= 11 is 0. The molecule has 1 saturated heterocycles. The van der Waals surface area contributed by atoms with Crippen LogP contribution in [0.2, 0.25) is 0 Å². The summed E-state index contributed by atoms with van der Waals surface area (Å²) in [5, 5.41) is 2.74. The van der Waals surface area contributed by atoms with Gasteiger partial charge < -0.3 is 16.0 Å². The van der Waals surface area contributed by atoms with Crippen molar-refractivity contribution in [1.29, 1.82) is 0 Å². The van der Waals surface area contributed by atoms with Gasteiger partial charge in [0, 0.05) is 43.1 Å². The van der Waals surface area contributed by atoms with Crippen LogP contribution >= 0.6 is 0 Å². The van der Waals surface area contributed by atoms with Crippen LogP contribution in [-0.4, -0.2) is 53.8 Å². The number of nitrogen functional groups attached to an aromatic ring is 1. The molecular formula is C21H25FN4O2. The van der Waals surface area contributed by atoms with Gasteiger partial charge in [-0.3, -0.25) is 14.5 Å². The molecule has 0 radical (unpaired) electrons. The van der Waals surface area contributed by atoms with Crippen LogP contribution in [0.4, 0.5) is 15.8 Å². The van der Waals surface area contributed by atoms with Gasteiger partial charge in [-0.25, -0.2) is 4.39 Å². The Hall–Kier alpha value is -2.93. The summed E-state index contributed by atoms with van der Waals surface area (Å²) < 4.78 is 13.3. The van der Waals surface area contributed by atoms with Crippen molar-refractivity contribution < 1.29 is 14.0 Å². The van der Waals surface area contributed by atoms with Crippen molar-refractivity contribution >= 4 is 23.2 Å². The first kappa shape index (κ1) is 19.8. The minimum Gasteiger partial charge on any atom is -0.399 e. The molecule has 1 aliphatic rings. The molecular weight excluding hydrogens is 359 g/mol. The number of aryl methyl sites for hydroxylation is 1. The highest BCUT2D eigenvalue weighted by Gasteiger charge is 2.28. The Morgan fingerprint density at radius 3 is 2.50 bits per heavy atom. The summed E-state index contributed by atoms with van der Waals surface area (Å²) in [6.45, 7) is 5.95. The van der Waals surface area contributed by atoms with Crippen LogP contribution in [0.3, 0.4) is 0 Å². The Morgan fingerprint density at radius 1 is 1.11 bits per heavy atom. The number of piperazine rings is 1. The van der Waals surface area contributed by atoms with Gasteiger partial charge in [0.1, 0.15) is 5.82 Å². The minimum atomic E-state index is -0.394. The number of nitrogens with zero attached hydrogens (tertiary/aromatic N) is 2. The van der Waals surface area contributed by atoms with E-state index in [4.69, 9.17) is 5.73 Å². The lowest BCUT2D eigenvalue weighted by Crippen LogP contribution is -2.54. The summed E-state index contributed by atoms with van der Waals surface area (Å²) in [4.78, 5) is 29.1. The number of hydrogen-bond acceptors (Lipinski definition) is 4. The molecule has 1 aliphatic heterocycles. The number of amides is 2. The highest BCUT2D eigenvalue weighted by Crippen LogP contribution is 2.17. The molecule has 148 valence electrons. The molecule has 3 rings (SSSR count). The van der Waals surface area contributed by atoms with Crippen molar-refractivity contribution in [1.82, 2.24) is 9.80 Å². The van der Waals surface area contributed by atoms with Gasteiger partial charge in [0.25, 0.3) is 5.91 Å². The Kier molecular flexibility index (Phi) is 5.94. The zero-order chi connectivity index (χ0) is 20.3. The summed E-state index contributed by atoms with van der Waals surface area (Å²) in [6.07, 6.45) is 0. The van der Waals surface area contributed by atoms with Crippen molar-refractivity contribution in [2.75, 3.05) is 37.2 Å². The molecule has 1 heterocycles. The number of halogens is 1. The van der Waals surface area contributed by atoms with Crippen LogP contribution in [0.15, 0.2) is 42.5 Å². The summed E-state index contributed by atoms with van der Waals surface area (Å²) in [5.74, 6) is -0.632. The zero-order valence-corrected chi connectivity index (χ0v) is 16.1. The molecule has 0 aliphatic carbocycles. The first-order chi connectivity index (χ1) is 13.3. The van der Waals surface area contributed by atoms with E-state index >= 15 is 0 Å². The van der Waals surface area contributed by atoms with Gasteiger partial charge >= 0.3 is 0 Å². The molecule has 0 spiro atoms. The second-order valence-electron chi connectivity index (χ2n) is 7.08. The molecule has 2 aromatic rings. The molecule has 1 fully saturated rings. The van der Waals surface area contributed by atoms with Gasteiger partial charge in [0.15, 0.2) is 0 Å². The van der Waals surface area contributed by atoms with Gasteiger partial charge in [-0.15, -0.1) is 0 Å². The van der Waals surface area contributed by atoms with E-state index in [1.807, 2.05) is 24.8 Å². The van der Waals surface area contributed by atoms with E-state index in [0.29, 0.717) is 43.1 Å². The van der Waals surface area contributed by atoms with Gasteiger partial charge in [-0.05, 0) is 49.7 Å². The second kappa shape index (κ2) is 8.39. The second-order valence-corrected chi connectivity index (χ2v) is 7.08. The lowest BCUT2D eigenvalue weighted by Gasteiger charge is -2.37. The first-order valence-electron chi connectivity index (χ1n) is 9.31. The van der Waals surface area contributed by atoms with E-state index in [-0.39, 0.29) is 17.9 Å². The highest BCUT2D eigenvalue weighted by molar-refractivity contribution is 5.97. The van der Waals surface area contributed by atoms with E-state index in [2.05, 4.69) is 5.32 Å². The average molecular weight is 384 g/mol. The lowest BCUT2D eigenvalue weighted by atomic mass is 10.1. The third-order valence-corrected chi connectivity index (χ3v) is 5.11. The van der Waals surface area contributed by atoms with Crippen LogP contribution in [0.1, 0.15) is 22.8 Å². The Bertz CT molecular complexity index is 878. The van der Waals surface area contributed by atoms with Crippen LogP contribution in [0.25, 0.3) is 0 Å². The molecule has 0 saturated carbocycles. The Balaban J connectivity index is 1.57. The number of rotatable bonds is 4. The van der Waals surface area contributed by atoms with Crippen LogP contribution in [0, 0.1) is 12.7 Å². The third kappa shape index (κ3) is 4.48. The number of hydrogen-bond donors (Lipinski definition) is 2. The van der Waals surface area contributed by atoms with E-state index in [9.17, 15) is 14.0 Å².